The zero-order chi connectivity index (χ0) is 7.28. The number of halogens is 2. The van der Waals surface area contributed by atoms with Gasteiger partial charge in [-0.1, -0.05) is 0 Å². The summed E-state index contributed by atoms with van der Waals surface area (Å²) < 4.78 is 23.2. The van der Waals surface area contributed by atoms with Gasteiger partial charge in [0.2, 0.25) is 0 Å². The zero-order valence-corrected chi connectivity index (χ0v) is 4.81. The molecule has 1 unspecified atom stereocenters. The van der Waals surface area contributed by atoms with Crippen molar-refractivity contribution in [1.82, 2.24) is 0 Å². The van der Waals surface area contributed by atoms with Gasteiger partial charge in [-0.3, -0.25) is 4.39 Å². The number of alkyl halides is 2. The van der Waals surface area contributed by atoms with Crippen LogP contribution >= 0.6 is 0 Å². The fourth-order valence-electron chi connectivity index (χ4n) is 0.380. The van der Waals surface area contributed by atoms with Crippen LogP contribution in [-0.4, -0.2) is 23.9 Å². The summed E-state index contributed by atoms with van der Waals surface area (Å²) in [6.07, 6.45) is -2.15. The van der Waals surface area contributed by atoms with Gasteiger partial charge in [-0.05, 0) is 12.8 Å². The molecule has 54 valence electrons. The predicted molar refractivity (Wildman–Crippen MR) is 27.7 cm³/mol. The molecule has 4 heteroatoms. The molecule has 1 atom stereocenters. The van der Waals surface area contributed by atoms with Gasteiger partial charge >= 0.3 is 5.97 Å². The van der Waals surface area contributed by atoms with Crippen LogP contribution in [-0.2, 0) is 4.79 Å². The van der Waals surface area contributed by atoms with E-state index in [-0.39, 0.29) is 12.8 Å². The normalized spacial score (nSPS) is 13.1. The molecule has 0 amide bonds. The number of carboxylic acid groups (broad SMARTS) is 1. The van der Waals surface area contributed by atoms with E-state index in [2.05, 4.69) is 0 Å². The van der Waals surface area contributed by atoms with Crippen molar-refractivity contribution in [3.05, 3.63) is 0 Å². The lowest BCUT2D eigenvalue weighted by atomic mass is 10.2. The summed E-state index contributed by atoms with van der Waals surface area (Å²) in [4.78, 5) is 9.71. The number of hydrogen-bond acceptors (Lipinski definition) is 1. The molecule has 2 nitrogen and oxygen atoms in total. The molecule has 0 bridgehead atoms. The molecule has 0 fully saturated rings. The maximum atomic E-state index is 11.9. The van der Waals surface area contributed by atoms with Crippen LogP contribution in [0.25, 0.3) is 0 Å². The Balaban J connectivity index is 3.27. The average Bonchev–Trinajstić information content (AvgIpc) is 1.82. The van der Waals surface area contributed by atoms with E-state index in [9.17, 15) is 13.6 Å². The fraction of sp³-hybridized carbons (Fsp3) is 0.800. The predicted octanol–water partition coefficient (Wildman–Crippen LogP) is 1.16. The Bertz CT molecular complexity index is 95.0. The monoisotopic (exact) mass is 138 g/mol. The van der Waals surface area contributed by atoms with Crippen molar-refractivity contribution in [2.24, 2.45) is 0 Å². The summed E-state index contributed by atoms with van der Waals surface area (Å²) in [6.45, 7) is -0.659. The highest BCUT2D eigenvalue weighted by Crippen LogP contribution is 2.01. The van der Waals surface area contributed by atoms with Crippen molar-refractivity contribution < 1.29 is 18.7 Å². The van der Waals surface area contributed by atoms with Crippen LogP contribution in [0.15, 0.2) is 0 Å². The first kappa shape index (κ1) is 8.33. The van der Waals surface area contributed by atoms with Crippen LogP contribution < -0.4 is 0 Å². The maximum Gasteiger partial charge on any atom is 0.338 e. The number of rotatable bonds is 4. The van der Waals surface area contributed by atoms with Gasteiger partial charge in [0.25, 0.3) is 0 Å². The highest BCUT2D eigenvalue weighted by Gasteiger charge is 2.13. The third kappa shape index (κ3) is 3.88. The lowest BCUT2D eigenvalue weighted by molar-refractivity contribution is -0.143. The van der Waals surface area contributed by atoms with Gasteiger partial charge in [-0.2, -0.15) is 0 Å². The molecule has 0 aromatic rings. The lowest BCUT2D eigenvalue weighted by Crippen LogP contribution is -2.13. The first-order valence-corrected chi connectivity index (χ1v) is 2.61. The minimum absolute atomic E-state index is 0.0204. The van der Waals surface area contributed by atoms with Crippen molar-refractivity contribution in [3.8, 4) is 0 Å². The molecular formula is C5H8F2O2. The Labute approximate surface area is 51.5 Å². The van der Waals surface area contributed by atoms with E-state index >= 15 is 0 Å². The van der Waals surface area contributed by atoms with Crippen molar-refractivity contribution in [2.45, 2.75) is 19.0 Å². The number of carboxylic acids is 1. The average molecular weight is 138 g/mol. The first-order chi connectivity index (χ1) is 4.18. The second-order valence-corrected chi connectivity index (χ2v) is 1.64. The van der Waals surface area contributed by atoms with Gasteiger partial charge in [-0.25, -0.2) is 9.18 Å². The Morgan fingerprint density at radius 1 is 1.67 bits per heavy atom. The molecule has 0 aromatic heterocycles. The van der Waals surface area contributed by atoms with Crippen LogP contribution in [0, 0.1) is 0 Å². The summed E-state index contributed by atoms with van der Waals surface area (Å²) >= 11 is 0. The van der Waals surface area contributed by atoms with Gasteiger partial charge in [0.05, 0.1) is 6.67 Å². The van der Waals surface area contributed by atoms with Crippen molar-refractivity contribution in [3.63, 3.8) is 0 Å². The standard InChI is InChI=1S/C5H8F2O2/c6-3-1-2-4(7)5(8)9/h4H,1-3H2,(H,8,9). The summed E-state index contributed by atoms with van der Waals surface area (Å²) in [5, 5.41) is 7.91. The Morgan fingerprint density at radius 2 is 2.22 bits per heavy atom. The van der Waals surface area contributed by atoms with Gasteiger partial charge in [-0.15, -0.1) is 0 Å². The second kappa shape index (κ2) is 4.23. The molecule has 0 rings (SSSR count). The Morgan fingerprint density at radius 3 is 2.56 bits per heavy atom. The first-order valence-electron chi connectivity index (χ1n) is 2.61. The molecular weight excluding hydrogens is 130 g/mol. The van der Waals surface area contributed by atoms with Crippen LogP contribution in [0.5, 0.6) is 0 Å². The minimum Gasteiger partial charge on any atom is -0.479 e. The topological polar surface area (TPSA) is 37.3 Å². The van der Waals surface area contributed by atoms with Crippen molar-refractivity contribution >= 4 is 5.97 Å². The highest BCUT2D eigenvalue weighted by molar-refractivity contribution is 5.71. The van der Waals surface area contributed by atoms with Gasteiger partial charge in [0.1, 0.15) is 0 Å². The third-order valence-electron chi connectivity index (χ3n) is 0.859. The maximum absolute atomic E-state index is 11.9. The van der Waals surface area contributed by atoms with E-state index in [1.807, 2.05) is 0 Å². The summed E-state index contributed by atoms with van der Waals surface area (Å²) in [5.41, 5.74) is 0. The number of carbonyl (C=O) groups is 1. The SMILES string of the molecule is O=C(O)C(F)CCCF. The van der Waals surface area contributed by atoms with Crippen LogP contribution in [0.1, 0.15) is 12.8 Å². The molecule has 0 radical (unpaired) electrons. The number of hydrogen-bond donors (Lipinski definition) is 1. The number of aliphatic carboxylic acids is 1. The van der Waals surface area contributed by atoms with E-state index in [0.29, 0.717) is 0 Å². The summed E-state index contributed by atoms with van der Waals surface area (Å²) in [6, 6.07) is 0. The van der Waals surface area contributed by atoms with E-state index in [1.54, 1.807) is 0 Å². The fourth-order valence-corrected chi connectivity index (χ4v) is 0.380. The Hall–Kier alpha value is -0.670. The minimum atomic E-state index is -1.90. The molecule has 1 N–H and O–H groups in total. The molecule has 0 aliphatic heterocycles. The van der Waals surface area contributed by atoms with Crippen LogP contribution in [0.4, 0.5) is 8.78 Å². The van der Waals surface area contributed by atoms with Crippen LogP contribution in [0.2, 0.25) is 0 Å². The van der Waals surface area contributed by atoms with Gasteiger partial charge in [0, 0.05) is 0 Å². The molecule has 0 heterocycles. The molecule has 0 saturated carbocycles. The second-order valence-electron chi connectivity index (χ2n) is 1.64. The molecule has 9 heavy (non-hydrogen) atoms. The Kier molecular flexibility index (Phi) is 3.92. The van der Waals surface area contributed by atoms with Crippen molar-refractivity contribution in [2.75, 3.05) is 6.67 Å². The zero-order valence-electron chi connectivity index (χ0n) is 4.81. The summed E-state index contributed by atoms with van der Waals surface area (Å²) in [5.74, 6) is -1.51. The van der Waals surface area contributed by atoms with E-state index in [0.717, 1.165) is 0 Å². The van der Waals surface area contributed by atoms with E-state index < -0.39 is 18.8 Å². The van der Waals surface area contributed by atoms with Crippen LogP contribution in [0.3, 0.4) is 0 Å². The largest absolute Gasteiger partial charge is 0.479 e. The smallest absolute Gasteiger partial charge is 0.338 e. The lowest BCUT2D eigenvalue weighted by Gasteiger charge is -1.97. The molecule has 0 aliphatic carbocycles. The van der Waals surface area contributed by atoms with Gasteiger partial charge in [0.15, 0.2) is 6.17 Å². The van der Waals surface area contributed by atoms with E-state index in [1.165, 1.54) is 0 Å². The highest BCUT2D eigenvalue weighted by atomic mass is 19.1. The molecule has 0 aromatic carbocycles. The summed E-state index contributed by atoms with van der Waals surface area (Å²) in [7, 11) is 0. The van der Waals surface area contributed by atoms with E-state index in [4.69, 9.17) is 5.11 Å². The molecule has 0 aliphatic rings. The quantitative estimate of drug-likeness (QED) is 0.632. The van der Waals surface area contributed by atoms with Gasteiger partial charge < -0.3 is 5.11 Å². The third-order valence-corrected chi connectivity index (χ3v) is 0.859. The molecule has 0 spiro atoms. The molecule has 0 saturated heterocycles. The van der Waals surface area contributed by atoms with Crippen molar-refractivity contribution in [1.29, 1.82) is 0 Å².